The second-order valence-electron chi connectivity index (χ2n) is 2.36. The fraction of sp³-hybridized carbons (Fsp3) is 0.625. The summed E-state index contributed by atoms with van der Waals surface area (Å²) in [6, 6.07) is 0. The average molecular weight is 140 g/mol. The maximum Gasteiger partial charge on any atom is 0.0523 e. The Kier molecular flexibility index (Phi) is 4.85. The Morgan fingerprint density at radius 3 is 2.40 bits per heavy atom. The van der Waals surface area contributed by atoms with Gasteiger partial charge in [0, 0.05) is 12.8 Å². The standard InChI is InChI=1S/C8H16N2/c1-5-10-8(6-9-4)7(2)3/h5,9H,6H2,1-4H3. The molecule has 58 valence electrons. The van der Waals surface area contributed by atoms with Crippen molar-refractivity contribution in [1.82, 2.24) is 5.32 Å². The monoisotopic (exact) mass is 140 g/mol. The highest BCUT2D eigenvalue weighted by molar-refractivity contribution is 5.55. The van der Waals surface area contributed by atoms with Crippen LogP contribution in [-0.4, -0.2) is 19.8 Å². The number of allylic oxidation sites excluding steroid dienone is 1. The summed E-state index contributed by atoms with van der Waals surface area (Å²) in [4.78, 5) is 4.21. The van der Waals surface area contributed by atoms with Crippen LogP contribution in [0.1, 0.15) is 20.8 Å². The summed E-state index contributed by atoms with van der Waals surface area (Å²) >= 11 is 0. The lowest BCUT2D eigenvalue weighted by molar-refractivity contribution is 0.860. The summed E-state index contributed by atoms with van der Waals surface area (Å²) < 4.78 is 0. The first-order valence-corrected chi connectivity index (χ1v) is 3.52. The van der Waals surface area contributed by atoms with E-state index >= 15 is 0 Å². The van der Waals surface area contributed by atoms with E-state index in [9.17, 15) is 0 Å². The van der Waals surface area contributed by atoms with Crippen LogP contribution in [0.25, 0.3) is 0 Å². The number of aliphatic imine (C=N–C) groups is 1. The van der Waals surface area contributed by atoms with Gasteiger partial charge in [0.1, 0.15) is 0 Å². The summed E-state index contributed by atoms with van der Waals surface area (Å²) in [5.41, 5.74) is 2.40. The highest BCUT2D eigenvalue weighted by atomic mass is 14.9. The Labute approximate surface area is 63.0 Å². The Morgan fingerprint density at radius 1 is 1.50 bits per heavy atom. The summed E-state index contributed by atoms with van der Waals surface area (Å²) in [6.07, 6.45) is 1.82. The smallest absolute Gasteiger partial charge is 0.0523 e. The summed E-state index contributed by atoms with van der Waals surface area (Å²) in [6.45, 7) is 6.92. The molecule has 0 aromatic heterocycles. The third-order valence-corrected chi connectivity index (χ3v) is 1.21. The van der Waals surface area contributed by atoms with Crippen LogP contribution in [0.3, 0.4) is 0 Å². The van der Waals surface area contributed by atoms with Crippen molar-refractivity contribution in [3.63, 3.8) is 0 Å². The second-order valence-corrected chi connectivity index (χ2v) is 2.36. The van der Waals surface area contributed by atoms with Crippen LogP contribution in [0.15, 0.2) is 16.3 Å². The first-order valence-electron chi connectivity index (χ1n) is 3.52. The van der Waals surface area contributed by atoms with Crippen molar-refractivity contribution in [2.45, 2.75) is 20.8 Å². The van der Waals surface area contributed by atoms with Crippen LogP contribution in [0.4, 0.5) is 0 Å². The Morgan fingerprint density at radius 2 is 2.10 bits per heavy atom. The quantitative estimate of drug-likeness (QED) is 0.591. The van der Waals surface area contributed by atoms with Gasteiger partial charge in [0.05, 0.1) is 5.70 Å². The van der Waals surface area contributed by atoms with Gasteiger partial charge in [0.25, 0.3) is 0 Å². The maximum atomic E-state index is 4.21. The Hall–Kier alpha value is -0.630. The molecule has 0 aliphatic heterocycles. The molecule has 0 amide bonds. The minimum absolute atomic E-state index is 0.854. The van der Waals surface area contributed by atoms with Gasteiger partial charge in [-0.15, -0.1) is 0 Å². The molecule has 0 spiro atoms. The van der Waals surface area contributed by atoms with Gasteiger partial charge in [-0.25, -0.2) is 0 Å². The van der Waals surface area contributed by atoms with Gasteiger partial charge in [0.15, 0.2) is 0 Å². The lowest BCUT2D eigenvalue weighted by Gasteiger charge is -2.01. The predicted molar refractivity (Wildman–Crippen MR) is 46.5 cm³/mol. The second kappa shape index (κ2) is 5.18. The van der Waals surface area contributed by atoms with E-state index in [-0.39, 0.29) is 0 Å². The van der Waals surface area contributed by atoms with Gasteiger partial charge >= 0.3 is 0 Å². The third-order valence-electron chi connectivity index (χ3n) is 1.21. The molecule has 2 nitrogen and oxygen atoms in total. The van der Waals surface area contributed by atoms with Crippen LogP contribution in [0, 0.1) is 0 Å². The molecule has 0 rings (SSSR count). The van der Waals surface area contributed by atoms with E-state index in [1.165, 1.54) is 5.57 Å². The van der Waals surface area contributed by atoms with E-state index in [1.54, 1.807) is 0 Å². The van der Waals surface area contributed by atoms with Gasteiger partial charge in [-0.2, -0.15) is 0 Å². The molecule has 0 fully saturated rings. The zero-order valence-electron chi connectivity index (χ0n) is 7.23. The molecule has 10 heavy (non-hydrogen) atoms. The molecule has 1 N–H and O–H groups in total. The normalized spacial score (nSPS) is 10.4. The maximum absolute atomic E-state index is 4.21. The number of rotatable bonds is 3. The largest absolute Gasteiger partial charge is 0.314 e. The molecule has 0 unspecified atom stereocenters. The van der Waals surface area contributed by atoms with Crippen LogP contribution < -0.4 is 5.32 Å². The van der Waals surface area contributed by atoms with Gasteiger partial charge in [0.2, 0.25) is 0 Å². The number of nitrogens with zero attached hydrogens (tertiary/aromatic N) is 1. The molecule has 0 aliphatic rings. The zero-order valence-corrected chi connectivity index (χ0v) is 7.23. The number of hydrogen-bond donors (Lipinski definition) is 1. The van der Waals surface area contributed by atoms with Crippen LogP contribution >= 0.6 is 0 Å². The summed E-state index contributed by atoms with van der Waals surface area (Å²) in [7, 11) is 1.92. The Bertz CT molecular complexity index is 141. The lowest BCUT2D eigenvalue weighted by Crippen LogP contribution is -2.10. The SMILES string of the molecule is CC=NC(CNC)=C(C)C. The van der Waals surface area contributed by atoms with Crippen molar-refractivity contribution in [2.24, 2.45) is 4.99 Å². The third kappa shape index (κ3) is 3.41. The van der Waals surface area contributed by atoms with E-state index in [4.69, 9.17) is 0 Å². The van der Waals surface area contributed by atoms with E-state index in [0.29, 0.717) is 0 Å². The lowest BCUT2D eigenvalue weighted by atomic mass is 10.2. The average Bonchev–Trinajstić information content (AvgIpc) is 1.87. The highest BCUT2D eigenvalue weighted by Gasteiger charge is 1.92. The zero-order chi connectivity index (χ0) is 7.98. The molecule has 0 aromatic rings. The number of hydrogen-bond acceptors (Lipinski definition) is 2. The molecule has 0 saturated carbocycles. The number of likely N-dealkylation sites (N-methyl/N-ethyl adjacent to an activating group) is 1. The topological polar surface area (TPSA) is 24.4 Å². The van der Waals surface area contributed by atoms with E-state index < -0.39 is 0 Å². The van der Waals surface area contributed by atoms with Crippen LogP contribution in [0.2, 0.25) is 0 Å². The minimum atomic E-state index is 0.854. The molecule has 0 atom stereocenters. The fourth-order valence-corrected chi connectivity index (χ4v) is 0.675. The van der Waals surface area contributed by atoms with E-state index in [1.807, 2.05) is 20.2 Å². The van der Waals surface area contributed by atoms with Crippen LogP contribution in [0.5, 0.6) is 0 Å². The van der Waals surface area contributed by atoms with Crippen molar-refractivity contribution in [3.8, 4) is 0 Å². The van der Waals surface area contributed by atoms with E-state index in [2.05, 4.69) is 24.2 Å². The predicted octanol–water partition coefficient (Wildman–Crippen LogP) is 1.59. The van der Waals surface area contributed by atoms with Crippen molar-refractivity contribution in [1.29, 1.82) is 0 Å². The minimum Gasteiger partial charge on any atom is -0.314 e. The van der Waals surface area contributed by atoms with Crippen molar-refractivity contribution in [3.05, 3.63) is 11.3 Å². The van der Waals surface area contributed by atoms with Crippen molar-refractivity contribution < 1.29 is 0 Å². The molecule has 0 aliphatic carbocycles. The van der Waals surface area contributed by atoms with Gasteiger partial charge in [-0.1, -0.05) is 5.57 Å². The molecular weight excluding hydrogens is 124 g/mol. The first kappa shape index (κ1) is 9.37. The van der Waals surface area contributed by atoms with Gasteiger partial charge in [-0.05, 0) is 27.8 Å². The van der Waals surface area contributed by atoms with Gasteiger partial charge < -0.3 is 5.32 Å². The van der Waals surface area contributed by atoms with Crippen molar-refractivity contribution >= 4 is 6.21 Å². The molecule has 2 heteroatoms. The van der Waals surface area contributed by atoms with Crippen LogP contribution in [-0.2, 0) is 0 Å². The summed E-state index contributed by atoms with van der Waals surface area (Å²) in [5, 5.41) is 3.06. The molecule has 0 bridgehead atoms. The first-order chi connectivity index (χ1) is 4.72. The molecule has 0 radical (unpaired) electrons. The van der Waals surface area contributed by atoms with Crippen molar-refractivity contribution in [2.75, 3.05) is 13.6 Å². The number of nitrogens with one attached hydrogen (secondary N) is 1. The molecule has 0 aromatic carbocycles. The molecular formula is C8H16N2. The highest BCUT2D eigenvalue weighted by Crippen LogP contribution is 2.01. The summed E-state index contributed by atoms with van der Waals surface area (Å²) in [5.74, 6) is 0. The van der Waals surface area contributed by atoms with E-state index in [0.717, 1.165) is 12.2 Å². The van der Waals surface area contributed by atoms with Gasteiger partial charge in [-0.3, -0.25) is 4.99 Å². The molecule has 0 heterocycles. The Balaban J connectivity index is 4.13. The molecule has 0 saturated heterocycles. The fourth-order valence-electron chi connectivity index (χ4n) is 0.675.